The summed E-state index contributed by atoms with van der Waals surface area (Å²) in [4.78, 5) is 13.9. The summed E-state index contributed by atoms with van der Waals surface area (Å²) in [5.74, 6) is -0.460. The van der Waals surface area contributed by atoms with E-state index in [1.165, 1.54) is 12.1 Å². The molecule has 0 bridgehead atoms. The Morgan fingerprint density at radius 3 is 2.50 bits per heavy atom. The summed E-state index contributed by atoms with van der Waals surface area (Å²) in [6, 6.07) is 7.49. The highest BCUT2D eigenvalue weighted by molar-refractivity contribution is 6.10. The minimum atomic E-state index is -0.550. The second-order valence-corrected chi connectivity index (χ2v) is 7.36. The fourth-order valence-electron chi connectivity index (χ4n) is 2.80. The molecule has 0 radical (unpaired) electrons. The molecule has 1 aliphatic heterocycles. The average Bonchev–Trinajstić information content (AvgIpc) is 2.62. The maximum atomic E-state index is 13.6. The molecule has 9 heteroatoms. The Balaban J connectivity index is 2.02. The predicted octanol–water partition coefficient (Wildman–Crippen LogP) is 3.13. The second-order valence-electron chi connectivity index (χ2n) is 7.36. The van der Waals surface area contributed by atoms with E-state index in [-0.39, 0.29) is 11.8 Å². The first-order chi connectivity index (χ1) is 13.2. The molecule has 0 saturated carbocycles. The van der Waals surface area contributed by atoms with Crippen LogP contribution in [0.2, 0.25) is 0 Å². The lowest BCUT2D eigenvalue weighted by molar-refractivity contribution is 0.0497. The Morgan fingerprint density at radius 1 is 1.29 bits per heavy atom. The molecule has 148 valence electrons. The van der Waals surface area contributed by atoms with Crippen LogP contribution in [0.4, 0.5) is 20.6 Å². The smallest absolute Gasteiger partial charge is 0.407 e. The van der Waals surface area contributed by atoms with E-state index in [4.69, 9.17) is 15.3 Å². The van der Waals surface area contributed by atoms with Crippen molar-refractivity contribution in [3.05, 3.63) is 24.0 Å². The topological polar surface area (TPSA) is 114 Å². The SMILES string of the molecule is CC(C)(C)OC(=O)NC1CCN(c2ccc(F)cc2NN=C(C#N)C#N)CC1. The molecule has 0 atom stereocenters. The van der Waals surface area contributed by atoms with Crippen molar-refractivity contribution in [2.24, 2.45) is 5.10 Å². The number of hydrogen-bond acceptors (Lipinski definition) is 7. The molecule has 1 amide bonds. The number of nitriles is 2. The van der Waals surface area contributed by atoms with Crippen LogP contribution >= 0.6 is 0 Å². The number of ether oxygens (including phenoxy) is 1. The number of nitrogens with zero attached hydrogens (tertiary/aromatic N) is 4. The van der Waals surface area contributed by atoms with Crippen LogP contribution in [-0.2, 0) is 4.74 Å². The van der Waals surface area contributed by atoms with Crippen LogP contribution < -0.4 is 15.6 Å². The van der Waals surface area contributed by atoms with Crippen molar-refractivity contribution < 1.29 is 13.9 Å². The maximum Gasteiger partial charge on any atom is 0.407 e. The Kier molecular flexibility index (Phi) is 6.78. The number of hydrogen-bond donors (Lipinski definition) is 2. The number of carbonyl (C=O) groups is 1. The fraction of sp³-hybridized carbons (Fsp3) is 0.474. The van der Waals surface area contributed by atoms with Crippen molar-refractivity contribution >= 4 is 23.2 Å². The van der Waals surface area contributed by atoms with Crippen LogP contribution in [0.15, 0.2) is 23.3 Å². The molecule has 0 aromatic heterocycles. The molecule has 1 fully saturated rings. The Bertz CT molecular complexity index is 810. The van der Waals surface area contributed by atoms with Gasteiger partial charge in [-0.15, -0.1) is 0 Å². The van der Waals surface area contributed by atoms with Gasteiger partial charge in [0, 0.05) is 25.2 Å². The highest BCUT2D eigenvalue weighted by atomic mass is 19.1. The van der Waals surface area contributed by atoms with Crippen LogP contribution in [-0.4, -0.2) is 36.5 Å². The van der Waals surface area contributed by atoms with Crippen LogP contribution in [0, 0.1) is 28.5 Å². The predicted molar refractivity (Wildman–Crippen MR) is 103 cm³/mol. The van der Waals surface area contributed by atoms with Crippen molar-refractivity contribution in [3.8, 4) is 12.1 Å². The highest BCUT2D eigenvalue weighted by Gasteiger charge is 2.24. The summed E-state index contributed by atoms with van der Waals surface area (Å²) in [7, 11) is 0. The lowest BCUT2D eigenvalue weighted by atomic mass is 10.0. The standard InChI is InChI=1S/C19H23FN6O2/c1-19(2,3)28-18(27)23-14-6-8-26(9-7-14)17-5-4-13(20)10-16(17)25-24-15(11-21)12-22/h4-5,10,14,25H,6-9H2,1-3H3,(H,23,27). The van der Waals surface area contributed by atoms with Crippen molar-refractivity contribution in [2.45, 2.75) is 45.3 Å². The maximum absolute atomic E-state index is 13.6. The third-order valence-corrected chi connectivity index (χ3v) is 4.02. The molecule has 0 aliphatic carbocycles. The Labute approximate surface area is 163 Å². The molecule has 1 aromatic rings. The van der Waals surface area contributed by atoms with Gasteiger partial charge in [0.2, 0.25) is 5.71 Å². The van der Waals surface area contributed by atoms with E-state index in [2.05, 4.69) is 15.8 Å². The molecule has 8 nitrogen and oxygen atoms in total. The van der Waals surface area contributed by atoms with Gasteiger partial charge in [-0.2, -0.15) is 15.6 Å². The van der Waals surface area contributed by atoms with Crippen molar-refractivity contribution in [1.82, 2.24) is 5.32 Å². The summed E-state index contributed by atoms with van der Waals surface area (Å²) < 4.78 is 18.9. The number of carbonyl (C=O) groups excluding carboxylic acids is 1. The lowest BCUT2D eigenvalue weighted by Gasteiger charge is -2.35. The number of hydrazone groups is 1. The van der Waals surface area contributed by atoms with E-state index in [1.807, 2.05) is 25.7 Å². The zero-order valence-corrected chi connectivity index (χ0v) is 16.1. The highest BCUT2D eigenvalue weighted by Crippen LogP contribution is 2.29. The molecule has 1 saturated heterocycles. The van der Waals surface area contributed by atoms with Crippen molar-refractivity contribution in [2.75, 3.05) is 23.4 Å². The van der Waals surface area contributed by atoms with E-state index in [9.17, 15) is 9.18 Å². The van der Waals surface area contributed by atoms with E-state index in [1.54, 1.807) is 18.2 Å². The number of halogens is 1. The van der Waals surface area contributed by atoms with Gasteiger partial charge >= 0.3 is 6.09 Å². The van der Waals surface area contributed by atoms with Crippen LogP contribution in [0.1, 0.15) is 33.6 Å². The molecule has 2 rings (SSSR count). The van der Waals surface area contributed by atoms with Gasteiger partial charge in [0.1, 0.15) is 23.6 Å². The van der Waals surface area contributed by atoms with Crippen LogP contribution in [0.25, 0.3) is 0 Å². The van der Waals surface area contributed by atoms with Crippen molar-refractivity contribution in [1.29, 1.82) is 10.5 Å². The quantitative estimate of drug-likeness (QED) is 0.607. The second kappa shape index (κ2) is 9.05. The van der Waals surface area contributed by atoms with E-state index < -0.39 is 17.5 Å². The molecule has 2 N–H and O–H groups in total. The van der Waals surface area contributed by atoms with Gasteiger partial charge in [-0.1, -0.05) is 0 Å². The molecule has 1 heterocycles. The number of amides is 1. The third-order valence-electron chi connectivity index (χ3n) is 4.02. The lowest BCUT2D eigenvalue weighted by Crippen LogP contribution is -2.46. The molecule has 1 aliphatic rings. The number of alkyl carbamates (subject to hydrolysis) is 1. The fourth-order valence-corrected chi connectivity index (χ4v) is 2.80. The molecule has 0 spiro atoms. The van der Waals surface area contributed by atoms with Gasteiger partial charge in [0.05, 0.1) is 11.4 Å². The summed E-state index contributed by atoms with van der Waals surface area (Å²) in [5.41, 5.74) is 2.76. The largest absolute Gasteiger partial charge is 0.444 e. The summed E-state index contributed by atoms with van der Waals surface area (Å²) in [6.45, 7) is 6.70. The van der Waals surface area contributed by atoms with Gasteiger partial charge in [-0.05, 0) is 45.7 Å². The minimum Gasteiger partial charge on any atom is -0.444 e. The number of nitrogens with one attached hydrogen (secondary N) is 2. The average molecular weight is 386 g/mol. The van der Waals surface area contributed by atoms with Crippen molar-refractivity contribution in [3.63, 3.8) is 0 Å². The van der Waals surface area contributed by atoms with Gasteiger partial charge in [0.25, 0.3) is 0 Å². The zero-order chi connectivity index (χ0) is 20.7. The van der Waals surface area contributed by atoms with Gasteiger partial charge in [-0.25, -0.2) is 9.18 Å². The molecule has 1 aromatic carbocycles. The first kappa shape index (κ1) is 21.0. The van der Waals surface area contributed by atoms with E-state index in [0.29, 0.717) is 37.3 Å². The molecule has 0 unspecified atom stereocenters. The molecular formula is C19H23FN6O2. The van der Waals surface area contributed by atoms with E-state index in [0.717, 1.165) is 0 Å². The van der Waals surface area contributed by atoms with Gasteiger partial charge in [0.15, 0.2) is 0 Å². The summed E-state index contributed by atoms with van der Waals surface area (Å²) >= 11 is 0. The normalized spacial score (nSPS) is 14.4. The van der Waals surface area contributed by atoms with Crippen LogP contribution in [0.5, 0.6) is 0 Å². The third kappa shape index (κ3) is 6.13. The van der Waals surface area contributed by atoms with E-state index >= 15 is 0 Å². The van der Waals surface area contributed by atoms with Crippen LogP contribution in [0.3, 0.4) is 0 Å². The Hall–Kier alpha value is -3.33. The monoisotopic (exact) mass is 386 g/mol. The van der Waals surface area contributed by atoms with Gasteiger partial charge < -0.3 is 15.0 Å². The number of anilines is 2. The minimum absolute atomic E-state index is 0.00948. The van der Waals surface area contributed by atoms with Gasteiger partial charge in [-0.3, -0.25) is 5.43 Å². The first-order valence-electron chi connectivity index (χ1n) is 8.90. The summed E-state index contributed by atoms with van der Waals surface area (Å²) in [6.07, 6.45) is 0.951. The summed E-state index contributed by atoms with van der Waals surface area (Å²) in [5, 5.41) is 24.1. The number of piperidine rings is 1. The first-order valence-corrected chi connectivity index (χ1v) is 8.90. The molecule has 28 heavy (non-hydrogen) atoms. The molecular weight excluding hydrogens is 363 g/mol. The number of benzene rings is 1. The Morgan fingerprint density at radius 2 is 1.93 bits per heavy atom. The number of rotatable bonds is 4. The zero-order valence-electron chi connectivity index (χ0n) is 16.1.